The minimum absolute atomic E-state index is 0.561. The molecule has 0 aliphatic heterocycles. The Kier molecular flexibility index (Phi) is 5.51. The van der Waals surface area contributed by atoms with Crippen LogP contribution < -0.4 is 0 Å². The van der Waals surface area contributed by atoms with Gasteiger partial charge in [0.2, 0.25) is 17.4 Å². The van der Waals surface area contributed by atoms with Crippen LogP contribution in [0.1, 0.15) is 0 Å². The Morgan fingerprint density at radius 3 is 1.78 bits per heavy atom. The van der Waals surface area contributed by atoms with E-state index in [0.29, 0.717) is 23.3 Å². The predicted molar refractivity (Wildman–Crippen MR) is 198 cm³/mol. The van der Waals surface area contributed by atoms with Crippen LogP contribution in [-0.4, -0.2) is 33.5 Å². The molecule has 11 aromatic rings. The van der Waals surface area contributed by atoms with Crippen molar-refractivity contribution in [1.82, 2.24) is 33.5 Å². The molecule has 8 nitrogen and oxygen atoms in total. The van der Waals surface area contributed by atoms with Crippen molar-refractivity contribution >= 4 is 60.8 Å². The number of hydrogen-bond donors (Lipinski definition) is 0. The molecule has 6 aromatic carbocycles. The maximum absolute atomic E-state index is 6.23. The van der Waals surface area contributed by atoms with Crippen molar-refractivity contribution in [1.29, 1.82) is 0 Å². The third kappa shape index (κ3) is 3.81. The van der Waals surface area contributed by atoms with Crippen molar-refractivity contribution in [3.8, 4) is 34.4 Å². The lowest BCUT2D eigenvalue weighted by Crippen LogP contribution is -2.06. The number of hydrogen-bond acceptors (Lipinski definition) is 5. The zero-order valence-electron chi connectivity index (χ0n) is 26.5. The third-order valence-electron chi connectivity index (χ3n) is 9.54. The van der Waals surface area contributed by atoms with E-state index in [-0.39, 0.29) is 0 Å². The number of nitrogens with zero attached hydrogens (tertiary/aromatic N) is 7. The number of aromatic nitrogens is 7. The van der Waals surface area contributed by atoms with Crippen LogP contribution in [0.4, 0.5) is 0 Å². The summed E-state index contributed by atoms with van der Waals surface area (Å²) in [4.78, 5) is 20.2. The average molecular weight is 644 g/mol. The molecule has 0 saturated heterocycles. The summed E-state index contributed by atoms with van der Waals surface area (Å²) in [5.74, 6) is 2.60. The molecule has 0 atom stereocenters. The highest BCUT2D eigenvalue weighted by Crippen LogP contribution is 2.37. The second-order valence-corrected chi connectivity index (χ2v) is 12.4. The van der Waals surface area contributed by atoms with Crippen LogP contribution in [0.2, 0.25) is 0 Å². The number of imidazole rings is 2. The van der Waals surface area contributed by atoms with Crippen molar-refractivity contribution in [3.63, 3.8) is 0 Å². The molecule has 234 valence electrons. The first-order chi connectivity index (χ1) is 24.8. The Labute approximate surface area is 284 Å². The molecule has 0 unspecified atom stereocenters. The van der Waals surface area contributed by atoms with E-state index in [0.717, 1.165) is 71.9 Å². The molecule has 0 fully saturated rings. The second kappa shape index (κ2) is 10.2. The van der Waals surface area contributed by atoms with Gasteiger partial charge in [0.25, 0.3) is 0 Å². The lowest BCUT2D eigenvalue weighted by molar-refractivity contribution is 0.656. The first-order valence-electron chi connectivity index (χ1n) is 16.5. The molecule has 0 amide bonds. The molecule has 0 N–H and O–H groups in total. The summed E-state index contributed by atoms with van der Waals surface area (Å²) in [5.41, 5.74) is 9.40. The Morgan fingerprint density at radius 1 is 0.440 bits per heavy atom. The minimum Gasteiger partial charge on any atom is -0.436 e. The van der Waals surface area contributed by atoms with E-state index in [4.69, 9.17) is 24.4 Å². The average Bonchev–Trinajstić information content (AvgIpc) is 3.91. The molecule has 50 heavy (non-hydrogen) atoms. The Hall–Kier alpha value is -7.06. The molecule has 0 radical (unpaired) electrons. The van der Waals surface area contributed by atoms with Gasteiger partial charge in [-0.3, -0.25) is 13.5 Å². The van der Waals surface area contributed by atoms with Gasteiger partial charge in [0, 0.05) is 33.0 Å². The van der Waals surface area contributed by atoms with Gasteiger partial charge in [-0.05, 0) is 48.5 Å². The van der Waals surface area contributed by atoms with Gasteiger partial charge in [0.1, 0.15) is 11.1 Å². The number of para-hydroxylation sites is 4. The van der Waals surface area contributed by atoms with Crippen molar-refractivity contribution in [3.05, 3.63) is 152 Å². The molecule has 8 heteroatoms. The van der Waals surface area contributed by atoms with Crippen LogP contribution in [0.5, 0.6) is 0 Å². The first kappa shape index (κ1) is 26.9. The molecule has 0 aliphatic carbocycles. The smallest absolute Gasteiger partial charge is 0.248 e. The fourth-order valence-electron chi connectivity index (χ4n) is 7.35. The van der Waals surface area contributed by atoms with Crippen LogP contribution in [0, 0.1) is 0 Å². The van der Waals surface area contributed by atoms with E-state index in [2.05, 4.69) is 86.3 Å². The molecule has 0 aliphatic rings. The fraction of sp³-hybridized carbons (Fsp3) is 0. The first-order valence-corrected chi connectivity index (χ1v) is 16.5. The van der Waals surface area contributed by atoms with Crippen molar-refractivity contribution in [2.24, 2.45) is 0 Å². The van der Waals surface area contributed by atoms with Crippen LogP contribution >= 0.6 is 0 Å². The predicted octanol–water partition coefficient (Wildman–Crippen LogP) is 9.79. The fourth-order valence-corrected chi connectivity index (χ4v) is 7.35. The number of rotatable bonds is 4. The SMILES string of the molecule is c1ccc(-c2nc(-c3ccccc3)nc(-n3c4ccccc4c4cc(-n5c6ccccc6n6c7c(nc56)oc5ccccc57)ccc43)n2)cc1. The molecule has 0 saturated carbocycles. The van der Waals surface area contributed by atoms with E-state index in [9.17, 15) is 0 Å². The largest absolute Gasteiger partial charge is 0.436 e. The monoisotopic (exact) mass is 643 g/mol. The number of fused-ring (bicyclic) bond motifs is 10. The summed E-state index contributed by atoms with van der Waals surface area (Å²) in [6.45, 7) is 0. The van der Waals surface area contributed by atoms with E-state index in [1.807, 2.05) is 78.9 Å². The lowest BCUT2D eigenvalue weighted by atomic mass is 10.1. The summed E-state index contributed by atoms with van der Waals surface area (Å²) in [7, 11) is 0. The van der Waals surface area contributed by atoms with Crippen LogP contribution in [0.15, 0.2) is 156 Å². The molecule has 0 bridgehead atoms. The van der Waals surface area contributed by atoms with Crippen molar-refractivity contribution < 1.29 is 4.42 Å². The van der Waals surface area contributed by atoms with Gasteiger partial charge >= 0.3 is 0 Å². The van der Waals surface area contributed by atoms with Gasteiger partial charge in [-0.2, -0.15) is 15.0 Å². The lowest BCUT2D eigenvalue weighted by Gasteiger charge is -2.11. The Bertz CT molecular complexity index is 3040. The molecule has 5 aromatic heterocycles. The standard InChI is InChI=1S/C42H25N7O/c1-3-13-26(14-4-1)38-43-39(27-15-5-2-6-16-27)45-41(44-38)48-32-19-9-7-17-29(32)31-25-28(23-24-33(31)48)47-34-20-10-11-21-35(34)49-37-30-18-8-12-22-36(30)50-40(37)46-42(47)49/h1-25H. The molecule has 11 rings (SSSR count). The van der Waals surface area contributed by atoms with Crippen LogP contribution in [0.3, 0.4) is 0 Å². The van der Waals surface area contributed by atoms with Gasteiger partial charge in [-0.15, -0.1) is 0 Å². The summed E-state index contributed by atoms with van der Waals surface area (Å²) < 4.78 is 12.8. The number of furan rings is 1. The number of benzene rings is 6. The van der Waals surface area contributed by atoms with E-state index in [1.54, 1.807) is 0 Å². The van der Waals surface area contributed by atoms with Gasteiger partial charge in [-0.25, -0.2) is 4.98 Å². The summed E-state index contributed by atoms with van der Waals surface area (Å²) in [6.07, 6.45) is 0. The molecule has 0 spiro atoms. The maximum atomic E-state index is 6.23. The second-order valence-electron chi connectivity index (χ2n) is 12.4. The van der Waals surface area contributed by atoms with Crippen LogP contribution in [-0.2, 0) is 0 Å². The van der Waals surface area contributed by atoms with E-state index in [1.165, 1.54) is 0 Å². The van der Waals surface area contributed by atoms with Crippen molar-refractivity contribution in [2.75, 3.05) is 0 Å². The molecular weight excluding hydrogens is 619 g/mol. The Balaban J connectivity index is 1.18. The zero-order valence-corrected chi connectivity index (χ0v) is 26.5. The highest BCUT2D eigenvalue weighted by atomic mass is 16.3. The minimum atomic E-state index is 0.561. The zero-order chi connectivity index (χ0) is 32.8. The van der Waals surface area contributed by atoms with E-state index < -0.39 is 0 Å². The maximum Gasteiger partial charge on any atom is 0.248 e. The van der Waals surface area contributed by atoms with Gasteiger partial charge in [0.05, 0.1) is 22.1 Å². The highest BCUT2D eigenvalue weighted by Gasteiger charge is 2.23. The molecule has 5 heterocycles. The van der Waals surface area contributed by atoms with E-state index >= 15 is 0 Å². The molecular formula is C42H25N7O. The van der Waals surface area contributed by atoms with Gasteiger partial charge in [0.15, 0.2) is 11.6 Å². The van der Waals surface area contributed by atoms with Gasteiger partial charge < -0.3 is 4.42 Å². The third-order valence-corrected chi connectivity index (χ3v) is 9.54. The van der Waals surface area contributed by atoms with Gasteiger partial charge in [-0.1, -0.05) is 103 Å². The summed E-state index contributed by atoms with van der Waals surface area (Å²) >= 11 is 0. The summed E-state index contributed by atoms with van der Waals surface area (Å²) in [6, 6.07) is 51.7. The highest BCUT2D eigenvalue weighted by molar-refractivity contribution is 6.10. The normalized spacial score (nSPS) is 12.0. The Morgan fingerprint density at radius 2 is 1.04 bits per heavy atom. The quantitative estimate of drug-likeness (QED) is 0.191. The summed E-state index contributed by atoms with van der Waals surface area (Å²) in [5, 5.41) is 3.22. The van der Waals surface area contributed by atoms with Crippen LogP contribution in [0.25, 0.3) is 95.2 Å². The van der Waals surface area contributed by atoms with Crippen molar-refractivity contribution in [2.45, 2.75) is 0 Å². The topological polar surface area (TPSA) is 79.0 Å².